The first-order valence-electron chi connectivity index (χ1n) is 5.79. The normalized spacial score (nSPS) is 18.4. The van der Waals surface area contributed by atoms with Crippen molar-refractivity contribution in [3.8, 4) is 6.07 Å². The zero-order chi connectivity index (χ0) is 13.1. The Bertz CT molecular complexity index is 474. The summed E-state index contributed by atoms with van der Waals surface area (Å²) >= 11 is 4.89. The fraction of sp³-hybridized carbons (Fsp3) is 0.500. The van der Waals surface area contributed by atoms with Gasteiger partial charge >= 0.3 is 0 Å². The smallest absolute Gasteiger partial charge is 0.254 e. The lowest BCUT2D eigenvalue weighted by atomic mass is 10.2. The van der Waals surface area contributed by atoms with Crippen LogP contribution < -0.4 is 0 Å². The van der Waals surface area contributed by atoms with Crippen LogP contribution in [-0.2, 0) is 0 Å². The Morgan fingerprint density at radius 3 is 2.67 bits per heavy atom. The molecule has 4 nitrogen and oxygen atoms in total. The maximum atomic E-state index is 12.2. The van der Waals surface area contributed by atoms with Crippen LogP contribution in [0.15, 0.2) is 15.2 Å². The first-order chi connectivity index (χ1) is 8.61. The Morgan fingerprint density at radius 2 is 2.17 bits per heavy atom. The Hall–Kier alpha value is -0.900. The fourth-order valence-electron chi connectivity index (χ4n) is 2.00. The number of thiophene rings is 1. The van der Waals surface area contributed by atoms with Crippen LogP contribution in [0.1, 0.15) is 17.3 Å². The van der Waals surface area contributed by atoms with Crippen molar-refractivity contribution >= 4 is 33.2 Å². The van der Waals surface area contributed by atoms with Gasteiger partial charge in [0.15, 0.2) is 0 Å². The molecule has 96 valence electrons. The van der Waals surface area contributed by atoms with Gasteiger partial charge in [0.25, 0.3) is 5.91 Å². The van der Waals surface area contributed by atoms with Crippen LogP contribution >= 0.6 is 27.3 Å². The van der Waals surface area contributed by atoms with E-state index in [2.05, 4.69) is 26.9 Å². The van der Waals surface area contributed by atoms with Crippen molar-refractivity contribution in [3.05, 3.63) is 20.8 Å². The average Bonchev–Trinajstić information content (AvgIpc) is 2.84. The van der Waals surface area contributed by atoms with Crippen LogP contribution in [0.4, 0.5) is 0 Å². The molecule has 0 spiro atoms. The number of rotatable bonds is 2. The molecule has 0 bridgehead atoms. The fourth-order valence-corrected chi connectivity index (χ4v) is 3.13. The zero-order valence-corrected chi connectivity index (χ0v) is 12.5. The molecule has 1 fully saturated rings. The van der Waals surface area contributed by atoms with Crippen molar-refractivity contribution in [2.75, 3.05) is 26.2 Å². The summed E-state index contributed by atoms with van der Waals surface area (Å²) in [6, 6.07) is 4.02. The number of nitriles is 1. The predicted molar refractivity (Wildman–Crippen MR) is 74.6 cm³/mol. The van der Waals surface area contributed by atoms with E-state index >= 15 is 0 Å². The SMILES string of the molecule is CC(C#N)N1CCN(C(=O)c2csc(Br)c2)CC1. The van der Waals surface area contributed by atoms with Gasteiger partial charge in [-0.2, -0.15) is 5.26 Å². The third kappa shape index (κ3) is 2.91. The third-order valence-corrected chi connectivity index (χ3v) is 4.65. The highest BCUT2D eigenvalue weighted by molar-refractivity contribution is 9.11. The highest BCUT2D eigenvalue weighted by Crippen LogP contribution is 2.22. The number of hydrogen-bond donors (Lipinski definition) is 0. The van der Waals surface area contributed by atoms with Gasteiger partial charge < -0.3 is 4.90 Å². The second kappa shape index (κ2) is 5.83. The van der Waals surface area contributed by atoms with Crippen molar-refractivity contribution in [3.63, 3.8) is 0 Å². The first-order valence-corrected chi connectivity index (χ1v) is 7.46. The molecule has 1 aromatic heterocycles. The number of halogens is 1. The molecule has 6 heteroatoms. The van der Waals surface area contributed by atoms with Gasteiger partial charge in [0.2, 0.25) is 0 Å². The summed E-state index contributed by atoms with van der Waals surface area (Å²) in [4.78, 5) is 16.1. The third-order valence-electron chi connectivity index (χ3n) is 3.15. The molecule has 1 aromatic rings. The lowest BCUT2D eigenvalue weighted by molar-refractivity contribution is 0.0616. The van der Waals surface area contributed by atoms with E-state index in [1.165, 1.54) is 11.3 Å². The van der Waals surface area contributed by atoms with Gasteiger partial charge in [-0.05, 0) is 28.9 Å². The topological polar surface area (TPSA) is 47.3 Å². The van der Waals surface area contributed by atoms with Gasteiger partial charge in [-0.1, -0.05) is 0 Å². The molecule has 0 aromatic carbocycles. The maximum absolute atomic E-state index is 12.2. The minimum Gasteiger partial charge on any atom is -0.336 e. The number of piperazine rings is 1. The Morgan fingerprint density at radius 1 is 1.50 bits per heavy atom. The van der Waals surface area contributed by atoms with Crippen molar-refractivity contribution < 1.29 is 4.79 Å². The molecular formula is C12H14BrN3OS. The summed E-state index contributed by atoms with van der Waals surface area (Å²) in [7, 11) is 0. The second-order valence-electron chi connectivity index (χ2n) is 4.27. The largest absolute Gasteiger partial charge is 0.336 e. The number of hydrogen-bond acceptors (Lipinski definition) is 4. The van der Waals surface area contributed by atoms with E-state index in [-0.39, 0.29) is 11.9 Å². The monoisotopic (exact) mass is 327 g/mol. The molecular weight excluding hydrogens is 314 g/mol. The van der Waals surface area contributed by atoms with Crippen LogP contribution in [0.5, 0.6) is 0 Å². The minimum atomic E-state index is -0.0717. The minimum absolute atomic E-state index is 0.0717. The molecule has 1 saturated heterocycles. The zero-order valence-electron chi connectivity index (χ0n) is 10.1. The summed E-state index contributed by atoms with van der Waals surface area (Å²) < 4.78 is 0.975. The lowest BCUT2D eigenvalue weighted by Gasteiger charge is -2.35. The summed E-state index contributed by atoms with van der Waals surface area (Å²) in [6.45, 7) is 4.82. The van der Waals surface area contributed by atoms with E-state index in [0.717, 1.165) is 22.4 Å². The summed E-state index contributed by atoms with van der Waals surface area (Å²) in [6.07, 6.45) is 0. The first kappa shape index (κ1) is 13.5. The average molecular weight is 328 g/mol. The standard InChI is InChI=1S/C12H14BrN3OS/c1-9(7-14)15-2-4-16(5-3-15)12(17)10-6-11(13)18-8-10/h6,8-9H,2-5H2,1H3. The molecule has 2 rings (SSSR count). The highest BCUT2D eigenvalue weighted by atomic mass is 79.9. The molecule has 2 heterocycles. The number of amides is 1. The van der Waals surface area contributed by atoms with Gasteiger partial charge in [0.05, 0.1) is 21.5 Å². The second-order valence-corrected chi connectivity index (χ2v) is 6.56. The molecule has 0 aliphatic carbocycles. The molecule has 0 radical (unpaired) electrons. The lowest BCUT2D eigenvalue weighted by Crippen LogP contribution is -2.51. The van der Waals surface area contributed by atoms with Crippen LogP contribution in [0.25, 0.3) is 0 Å². The Kier molecular flexibility index (Phi) is 4.38. The Labute approximate surface area is 119 Å². The van der Waals surface area contributed by atoms with Crippen molar-refractivity contribution in [2.24, 2.45) is 0 Å². The Balaban J connectivity index is 1.94. The van der Waals surface area contributed by atoms with E-state index in [9.17, 15) is 4.79 Å². The molecule has 1 amide bonds. The van der Waals surface area contributed by atoms with Gasteiger partial charge in [-0.3, -0.25) is 9.69 Å². The summed E-state index contributed by atoms with van der Waals surface area (Å²) in [5, 5.41) is 10.7. The maximum Gasteiger partial charge on any atom is 0.254 e. The molecule has 1 aliphatic heterocycles. The van der Waals surface area contributed by atoms with E-state index < -0.39 is 0 Å². The van der Waals surface area contributed by atoms with Crippen LogP contribution in [0.2, 0.25) is 0 Å². The van der Waals surface area contributed by atoms with Gasteiger partial charge in [-0.25, -0.2) is 0 Å². The molecule has 1 unspecified atom stereocenters. The van der Waals surface area contributed by atoms with E-state index in [1.807, 2.05) is 23.3 Å². The van der Waals surface area contributed by atoms with Crippen LogP contribution in [0.3, 0.4) is 0 Å². The van der Waals surface area contributed by atoms with Crippen molar-refractivity contribution in [2.45, 2.75) is 13.0 Å². The quantitative estimate of drug-likeness (QED) is 0.836. The van der Waals surface area contributed by atoms with Crippen molar-refractivity contribution in [1.82, 2.24) is 9.80 Å². The number of carbonyl (C=O) groups is 1. The number of carbonyl (C=O) groups excluding carboxylic acids is 1. The van der Waals surface area contributed by atoms with Crippen LogP contribution in [-0.4, -0.2) is 47.9 Å². The molecule has 1 aliphatic rings. The molecule has 18 heavy (non-hydrogen) atoms. The number of nitrogens with zero attached hydrogens (tertiary/aromatic N) is 3. The van der Waals surface area contributed by atoms with E-state index in [1.54, 1.807) is 0 Å². The predicted octanol–water partition coefficient (Wildman–Crippen LogP) is 2.18. The van der Waals surface area contributed by atoms with Crippen molar-refractivity contribution in [1.29, 1.82) is 5.26 Å². The molecule has 1 atom stereocenters. The highest BCUT2D eigenvalue weighted by Gasteiger charge is 2.24. The van der Waals surface area contributed by atoms with Gasteiger partial charge in [0.1, 0.15) is 0 Å². The van der Waals surface area contributed by atoms with Gasteiger partial charge in [-0.15, -0.1) is 11.3 Å². The molecule has 0 N–H and O–H groups in total. The van der Waals surface area contributed by atoms with Crippen LogP contribution in [0, 0.1) is 11.3 Å². The summed E-state index contributed by atoms with van der Waals surface area (Å²) in [5.41, 5.74) is 0.744. The van der Waals surface area contributed by atoms with E-state index in [0.29, 0.717) is 13.1 Å². The van der Waals surface area contributed by atoms with E-state index in [4.69, 9.17) is 5.26 Å². The summed E-state index contributed by atoms with van der Waals surface area (Å²) in [5.74, 6) is 0.0845. The molecule has 0 saturated carbocycles. The van der Waals surface area contributed by atoms with Gasteiger partial charge in [0, 0.05) is 31.6 Å².